The van der Waals surface area contributed by atoms with Gasteiger partial charge in [-0.15, -0.1) is 0 Å². The molecule has 106 valence electrons. The van der Waals surface area contributed by atoms with E-state index in [9.17, 15) is 4.57 Å². The van der Waals surface area contributed by atoms with Crippen molar-refractivity contribution in [2.24, 2.45) is 0 Å². The number of nitrogens with two attached hydrogens (primary N) is 2. The molecule has 0 amide bonds. The third-order valence-electron chi connectivity index (χ3n) is 2.62. The molecule has 5 nitrogen and oxygen atoms in total. The van der Waals surface area contributed by atoms with Crippen molar-refractivity contribution in [1.82, 2.24) is 0 Å². The average molecular weight is 292 g/mol. The molecule has 0 heterocycles. The molecule has 0 unspecified atom stereocenters. The van der Waals surface area contributed by atoms with E-state index in [1.807, 2.05) is 24.3 Å². The minimum atomic E-state index is -2.54. The number of anilines is 2. The molecule has 0 spiro atoms. The van der Waals surface area contributed by atoms with Gasteiger partial charge in [0.25, 0.3) is 0 Å². The van der Waals surface area contributed by atoms with Crippen LogP contribution in [0.1, 0.15) is 11.1 Å². The van der Waals surface area contributed by atoms with E-state index in [-0.39, 0.29) is 13.2 Å². The van der Waals surface area contributed by atoms with Crippen LogP contribution in [0, 0.1) is 0 Å². The number of benzene rings is 2. The fourth-order valence-electron chi connectivity index (χ4n) is 1.69. The van der Waals surface area contributed by atoms with Crippen LogP contribution in [-0.4, -0.2) is 0 Å². The lowest BCUT2D eigenvalue weighted by Crippen LogP contribution is -1.92. The largest absolute Gasteiger partial charge is 0.399 e. The van der Waals surface area contributed by atoms with Gasteiger partial charge in [-0.1, -0.05) is 24.3 Å². The molecule has 0 aliphatic carbocycles. The number of nitrogen functional groups attached to an aromatic ring is 2. The van der Waals surface area contributed by atoms with Crippen LogP contribution < -0.4 is 11.5 Å². The lowest BCUT2D eigenvalue weighted by atomic mass is 10.2. The number of hydrogen-bond donors (Lipinski definition) is 2. The van der Waals surface area contributed by atoms with Crippen LogP contribution in [0.15, 0.2) is 48.5 Å². The molecule has 0 bridgehead atoms. The summed E-state index contributed by atoms with van der Waals surface area (Å²) < 4.78 is 22.0. The molecule has 0 atom stereocenters. The van der Waals surface area contributed by atoms with Crippen molar-refractivity contribution in [3.63, 3.8) is 0 Å². The minimum Gasteiger partial charge on any atom is -0.399 e. The second kappa shape index (κ2) is 7.10. The molecule has 20 heavy (non-hydrogen) atoms. The molecule has 0 fully saturated rings. The molecule has 6 heteroatoms. The molecular weight excluding hydrogens is 275 g/mol. The first kappa shape index (κ1) is 14.6. The molecule has 0 aliphatic rings. The second-order valence-electron chi connectivity index (χ2n) is 4.32. The zero-order chi connectivity index (χ0) is 14.4. The van der Waals surface area contributed by atoms with Crippen molar-refractivity contribution < 1.29 is 13.6 Å². The van der Waals surface area contributed by atoms with Crippen molar-refractivity contribution >= 4 is 19.6 Å². The Labute approximate surface area is 118 Å². The quantitative estimate of drug-likeness (QED) is 0.631. The maximum Gasteiger partial charge on any atom is 0.319 e. The van der Waals surface area contributed by atoms with Gasteiger partial charge in [-0.25, -0.2) is 0 Å². The van der Waals surface area contributed by atoms with E-state index in [0.29, 0.717) is 11.4 Å². The van der Waals surface area contributed by atoms with E-state index in [4.69, 9.17) is 20.5 Å². The van der Waals surface area contributed by atoms with Crippen molar-refractivity contribution in [2.45, 2.75) is 13.2 Å². The Bertz CT molecular complexity index is 553. The topological polar surface area (TPSA) is 87.6 Å². The molecule has 0 radical (unpaired) electrons. The second-order valence-corrected chi connectivity index (χ2v) is 5.39. The molecule has 0 aliphatic heterocycles. The molecule has 0 aromatic heterocycles. The predicted octanol–water partition coefficient (Wildman–Crippen LogP) is 2.97. The van der Waals surface area contributed by atoms with Crippen LogP contribution in [0.3, 0.4) is 0 Å². The molecule has 4 N–H and O–H groups in total. The zero-order valence-corrected chi connectivity index (χ0v) is 11.9. The van der Waals surface area contributed by atoms with Gasteiger partial charge in [0.15, 0.2) is 0 Å². The summed E-state index contributed by atoms with van der Waals surface area (Å²) in [5.74, 6) is 0. The van der Waals surface area contributed by atoms with Gasteiger partial charge in [0.05, 0.1) is 13.2 Å². The van der Waals surface area contributed by atoms with Crippen LogP contribution in [0.4, 0.5) is 11.4 Å². The summed E-state index contributed by atoms with van der Waals surface area (Å²) in [6.45, 7) is 0.416. The first-order valence-electron chi connectivity index (χ1n) is 6.12. The molecule has 0 saturated carbocycles. The zero-order valence-electron chi connectivity index (χ0n) is 10.9. The normalized spacial score (nSPS) is 10.8. The summed E-state index contributed by atoms with van der Waals surface area (Å²) >= 11 is 0. The fourth-order valence-corrected chi connectivity index (χ4v) is 2.34. The van der Waals surface area contributed by atoms with Gasteiger partial charge in [-0.05, 0) is 35.4 Å². The Morgan fingerprint density at radius 3 is 1.70 bits per heavy atom. The van der Waals surface area contributed by atoms with E-state index in [2.05, 4.69) is 0 Å². The van der Waals surface area contributed by atoms with E-state index in [1.54, 1.807) is 24.3 Å². The highest BCUT2D eigenvalue weighted by Gasteiger charge is 2.02. The Morgan fingerprint density at radius 1 is 0.850 bits per heavy atom. The summed E-state index contributed by atoms with van der Waals surface area (Å²) in [5, 5.41) is 0. The highest BCUT2D eigenvalue weighted by molar-refractivity contribution is 7.33. The minimum absolute atomic E-state index is 0.208. The van der Waals surface area contributed by atoms with Gasteiger partial charge in [0.1, 0.15) is 0 Å². The third-order valence-corrected chi connectivity index (χ3v) is 3.38. The maximum atomic E-state index is 11.6. The van der Waals surface area contributed by atoms with Gasteiger partial charge in [0, 0.05) is 11.4 Å². The summed E-state index contributed by atoms with van der Waals surface area (Å²) in [7, 11) is -2.54. The SMILES string of the molecule is Nc1cccc(CO[PH](=O)OCc2cccc(N)c2)c1. The predicted molar refractivity (Wildman–Crippen MR) is 80.3 cm³/mol. The van der Waals surface area contributed by atoms with Gasteiger partial charge < -0.3 is 20.5 Å². The monoisotopic (exact) mass is 292 g/mol. The summed E-state index contributed by atoms with van der Waals surface area (Å²) in [6, 6.07) is 14.4. The standard InChI is InChI=1S/C14H17N2O3P/c15-13-5-1-3-11(7-13)9-18-20(17)19-10-12-4-2-6-14(16)8-12/h1-8,20H,9-10,15-16H2. The summed E-state index contributed by atoms with van der Waals surface area (Å²) in [6.07, 6.45) is 0. The van der Waals surface area contributed by atoms with Crippen molar-refractivity contribution in [3.8, 4) is 0 Å². The highest BCUT2D eigenvalue weighted by Crippen LogP contribution is 2.27. The third kappa shape index (κ3) is 4.70. The Kier molecular flexibility index (Phi) is 5.18. The summed E-state index contributed by atoms with van der Waals surface area (Å²) in [4.78, 5) is 0. The van der Waals surface area contributed by atoms with E-state index in [0.717, 1.165) is 11.1 Å². The number of hydrogen-bond acceptors (Lipinski definition) is 5. The first-order chi connectivity index (χ1) is 9.63. The highest BCUT2D eigenvalue weighted by atomic mass is 31.1. The van der Waals surface area contributed by atoms with Crippen LogP contribution in [0.5, 0.6) is 0 Å². The lowest BCUT2D eigenvalue weighted by Gasteiger charge is -2.07. The van der Waals surface area contributed by atoms with E-state index in [1.165, 1.54) is 0 Å². The molecule has 2 rings (SSSR count). The average Bonchev–Trinajstić information content (AvgIpc) is 2.43. The Hall–Kier alpha value is -1.81. The van der Waals surface area contributed by atoms with Crippen molar-refractivity contribution in [1.29, 1.82) is 0 Å². The van der Waals surface area contributed by atoms with Crippen LogP contribution in [-0.2, 0) is 26.8 Å². The lowest BCUT2D eigenvalue weighted by molar-refractivity contribution is 0.213. The smallest absolute Gasteiger partial charge is 0.319 e. The van der Waals surface area contributed by atoms with Crippen molar-refractivity contribution in [3.05, 3.63) is 59.7 Å². The van der Waals surface area contributed by atoms with Crippen LogP contribution in [0.25, 0.3) is 0 Å². The van der Waals surface area contributed by atoms with Crippen LogP contribution >= 0.6 is 8.25 Å². The fraction of sp³-hybridized carbons (Fsp3) is 0.143. The number of rotatable bonds is 6. The van der Waals surface area contributed by atoms with E-state index >= 15 is 0 Å². The Morgan fingerprint density at radius 2 is 1.30 bits per heavy atom. The molecule has 2 aromatic rings. The Balaban J connectivity index is 1.78. The van der Waals surface area contributed by atoms with Crippen LogP contribution in [0.2, 0.25) is 0 Å². The maximum absolute atomic E-state index is 11.6. The van der Waals surface area contributed by atoms with E-state index < -0.39 is 8.25 Å². The van der Waals surface area contributed by atoms with Gasteiger partial charge in [-0.3, -0.25) is 4.57 Å². The van der Waals surface area contributed by atoms with Gasteiger partial charge >= 0.3 is 8.25 Å². The summed E-state index contributed by atoms with van der Waals surface area (Å²) in [5.41, 5.74) is 14.3. The van der Waals surface area contributed by atoms with Gasteiger partial charge in [-0.2, -0.15) is 0 Å². The van der Waals surface area contributed by atoms with Gasteiger partial charge in [0.2, 0.25) is 0 Å². The molecule has 2 aromatic carbocycles. The first-order valence-corrected chi connectivity index (χ1v) is 7.34. The molecule has 0 saturated heterocycles. The molecular formula is C14H17N2O3P. The van der Waals surface area contributed by atoms with Crippen molar-refractivity contribution in [2.75, 3.05) is 11.5 Å².